The van der Waals surface area contributed by atoms with E-state index in [1.54, 1.807) is 31.2 Å². The SMILES string of the molecule is CC(Oc1ccc(N)c(C(F)(F)F)c1)c1cccc(C#N)c1. The highest BCUT2D eigenvalue weighted by Gasteiger charge is 2.33. The molecule has 2 aromatic rings. The van der Waals surface area contributed by atoms with Crippen molar-refractivity contribution >= 4 is 5.69 Å². The molecule has 0 aromatic heterocycles. The lowest BCUT2D eigenvalue weighted by atomic mass is 10.1. The summed E-state index contributed by atoms with van der Waals surface area (Å²) < 4.78 is 44.0. The van der Waals surface area contributed by atoms with E-state index in [0.717, 1.165) is 12.1 Å². The molecule has 6 heteroatoms. The number of nitrogens with two attached hydrogens (primary N) is 1. The molecule has 0 saturated heterocycles. The second-order valence-electron chi connectivity index (χ2n) is 4.74. The van der Waals surface area contributed by atoms with Gasteiger partial charge in [-0.25, -0.2) is 0 Å². The normalized spacial score (nSPS) is 12.5. The van der Waals surface area contributed by atoms with Crippen LogP contribution in [0.2, 0.25) is 0 Å². The summed E-state index contributed by atoms with van der Waals surface area (Å²) in [6.45, 7) is 1.69. The molecule has 0 amide bonds. The minimum Gasteiger partial charge on any atom is -0.486 e. The first-order chi connectivity index (χ1) is 10.3. The molecule has 1 atom stereocenters. The Balaban J connectivity index is 2.25. The third-order valence-corrected chi connectivity index (χ3v) is 3.13. The van der Waals surface area contributed by atoms with Crippen LogP contribution in [0.1, 0.15) is 29.7 Å². The summed E-state index contributed by atoms with van der Waals surface area (Å²) in [7, 11) is 0. The van der Waals surface area contributed by atoms with E-state index in [0.29, 0.717) is 11.1 Å². The molecular weight excluding hydrogens is 293 g/mol. The van der Waals surface area contributed by atoms with Crippen LogP contribution in [0, 0.1) is 11.3 Å². The Labute approximate surface area is 125 Å². The minimum absolute atomic E-state index is 0.0661. The van der Waals surface area contributed by atoms with Crippen molar-refractivity contribution in [3.63, 3.8) is 0 Å². The zero-order valence-corrected chi connectivity index (χ0v) is 11.7. The van der Waals surface area contributed by atoms with Crippen molar-refractivity contribution in [1.82, 2.24) is 0 Å². The number of benzene rings is 2. The molecule has 0 bridgehead atoms. The third kappa shape index (κ3) is 3.50. The summed E-state index contributed by atoms with van der Waals surface area (Å²) in [5.41, 5.74) is 5.23. The van der Waals surface area contributed by atoms with E-state index in [1.807, 2.05) is 6.07 Å². The molecule has 0 spiro atoms. The molecule has 3 nitrogen and oxygen atoms in total. The lowest BCUT2D eigenvalue weighted by Crippen LogP contribution is -2.10. The average Bonchev–Trinajstić information content (AvgIpc) is 2.48. The van der Waals surface area contributed by atoms with Crippen LogP contribution in [0.25, 0.3) is 0 Å². The number of halogens is 3. The molecule has 114 valence electrons. The van der Waals surface area contributed by atoms with E-state index in [2.05, 4.69) is 0 Å². The van der Waals surface area contributed by atoms with E-state index in [-0.39, 0.29) is 11.4 Å². The Morgan fingerprint density at radius 3 is 2.55 bits per heavy atom. The number of hydrogen-bond acceptors (Lipinski definition) is 3. The molecule has 0 saturated carbocycles. The van der Waals surface area contributed by atoms with Gasteiger partial charge in [0.15, 0.2) is 0 Å². The number of ether oxygens (including phenoxy) is 1. The van der Waals surface area contributed by atoms with E-state index >= 15 is 0 Å². The molecule has 0 radical (unpaired) electrons. The van der Waals surface area contributed by atoms with Gasteiger partial charge in [-0.15, -0.1) is 0 Å². The summed E-state index contributed by atoms with van der Waals surface area (Å²) in [5, 5.41) is 8.86. The van der Waals surface area contributed by atoms with Gasteiger partial charge in [0.2, 0.25) is 0 Å². The fraction of sp³-hybridized carbons (Fsp3) is 0.188. The largest absolute Gasteiger partial charge is 0.486 e. The van der Waals surface area contributed by atoms with Crippen LogP contribution >= 0.6 is 0 Å². The Kier molecular flexibility index (Phi) is 4.27. The predicted molar refractivity (Wildman–Crippen MR) is 76.1 cm³/mol. The molecule has 2 N–H and O–H groups in total. The Morgan fingerprint density at radius 1 is 1.18 bits per heavy atom. The summed E-state index contributed by atoms with van der Waals surface area (Å²) >= 11 is 0. The van der Waals surface area contributed by atoms with Gasteiger partial charge in [0, 0.05) is 5.69 Å². The maximum Gasteiger partial charge on any atom is 0.418 e. The monoisotopic (exact) mass is 306 g/mol. The van der Waals surface area contributed by atoms with Crippen LogP contribution in [-0.2, 0) is 6.18 Å². The van der Waals surface area contributed by atoms with Crippen molar-refractivity contribution in [2.45, 2.75) is 19.2 Å². The maximum absolute atomic E-state index is 12.8. The summed E-state index contributed by atoms with van der Waals surface area (Å²) in [4.78, 5) is 0. The molecule has 2 rings (SSSR count). The molecule has 0 aliphatic carbocycles. The Morgan fingerprint density at radius 2 is 1.91 bits per heavy atom. The molecule has 2 aromatic carbocycles. The van der Waals surface area contributed by atoms with Gasteiger partial charge in [0.1, 0.15) is 11.9 Å². The lowest BCUT2D eigenvalue weighted by Gasteiger charge is -2.17. The second-order valence-corrected chi connectivity index (χ2v) is 4.74. The lowest BCUT2D eigenvalue weighted by molar-refractivity contribution is -0.137. The van der Waals surface area contributed by atoms with Gasteiger partial charge in [-0.3, -0.25) is 0 Å². The van der Waals surface area contributed by atoms with Crippen LogP contribution in [0.5, 0.6) is 5.75 Å². The highest BCUT2D eigenvalue weighted by molar-refractivity contribution is 5.52. The Bertz CT molecular complexity index is 720. The van der Waals surface area contributed by atoms with Gasteiger partial charge >= 0.3 is 6.18 Å². The van der Waals surface area contributed by atoms with E-state index in [4.69, 9.17) is 15.7 Å². The van der Waals surface area contributed by atoms with Crippen molar-refractivity contribution in [3.8, 4) is 11.8 Å². The molecule has 1 unspecified atom stereocenters. The number of nitrogen functional groups attached to an aromatic ring is 1. The highest BCUT2D eigenvalue weighted by Crippen LogP contribution is 2.36. The van der Waals surface area contributed by atoms with E-state index in [9.17, 15) is 13.2 Å². The van der Waals surface area contributed by atoms with E-state index in [1.165, 1.54) is 6.07 Å². The number of anilines is 1. The first-order valence-electron chi connectivity index (χ1n) is 6.44. The number of nitriles is 1. The van der Waals surface area contributed by atoms with Crippen LogP contribution < -0.4 is 10.5 Å². The van der Waals surface area contributed by atoms with Crippen molar-refractivity contribution in [2.75, 3.05) is 5.73 Å². The quantitative estimate of drug-likeness (QED) is 0.860. The zero-order valence-electron chi connectivity index (χ0n) is 11.7. The molecule has 0 fully saturated rings. The molecule has 0 aliphatic heterocycles. The van der Waals surface area contributed by atoms with Crippen LogP contribution in [-0.4, -0.2) is 0 Å². The van der Waals surface area contributed by atoms with Crippen LogP contribution in [0.15, 0.2) is 42.5 Å². The molecular formula is C16H13F3N2O. The molecule has 0 heterocycles. The zero-order chi connectivity index (χ0) is 16.3. The van der Waals surface area contributed by atoms with Gasteiger partial charge in [-0.2, -0.15) is 18.4 Å². The number of rotatable bonds is 3. The van der Waals surface area contributed by atoms with Gasteiger partial charge in [-0.05, 0) is 42.8 Å². The van der Waals surface area contributed by atoms with Crippen molar-refractivity contribution in [2.24, 2.45) is 0 Å². The summed E-state index contributed by atoms with van der Waals surface area (Å²) in [5.74, 6) is 0.0661. The highest BCUT2D eigenvalue weighted by atomic mass is 19.4. The van der Waals surface area contributed by atoms with Crippen molar-refractivity contribution in [1.29, 1.82) is 5.26 Å². The second kappa shape index (κ2) is 5.98. The topological polar surface area (TPSA) is 59.0 Å². The van der Waals surface area contributed by atoms with Crippen LogP contribution in [0.4, 0.5) is 18.9 Å². The predicted octanol–water partition coefficient (Wildman–Crippen LogP) is 4.30. The summed E-state index contributed by atoms with van der Waals surface area (Å²) in [6.07, 6.45) is -5.04. The maximum atomic E-state index is 12.8. The molecule has 0 aliphatic rings. The van der Waals surface area contributed by atoms with Crippen molar-refractivity contribution in [3.05, 3.63) is 59.2 Å². The van der Waals surface area contributed by atoms with Crippen LogP contribution in [0.3, 0.4) is 0 Å². The molecule has 22 heavy (non-hydrogen) atoms. The Hall–Kier alpha value is -2.68. The number of nitrogens with zero attached hydrogens (tertiary/aromatic N) is 1. The minimum atomic E-state index is -4.53. The first-order valence-corrected chi connectivity index (χ1v) is 6.44. The third-order valence-electron chi connectivity index (χ3n) is 3.13. The smallest absolute Gasteiger partial charge is 0.418 e. The summed E-state index contributed by atoms with van der Waals surface area (Å²) in [6, 6.07) is 12.1. The number of hydrogen-bond donors (Lipinski definition) is 1. The van der Waals surface area contributed by atoms with Crippen molar-refractivity contribution < 1.29 is 17.9 Å². The van der Waals surface area contributed by atoms with Gasteiger partial charge in [0.25, 0.3) is 0 Å². The van der Waals surface area contributed by atoms with Gasteiger partial charge in [-0.1, -0.05) is 12.1 Å². The fourth-order valence-corrected chi connectivity index (χ4v) is 1.99. The standard InChI is InChI=1S/C16H13F3N2O/c1-10(12-4-2-3-11(7-12)9-20)22-13-5-6-15(21)14(8-13)16(17,18)19/h2-8,10H,21H2,1H3. The van der Waals surface area contributed by atoms with Gasteiger partial charge in [0.05, 0.1) is 17.2 Å². The number of alkyl halides is 3. The van der Waals surface area contributed by atoms with Gasteiger partial charge < -0.3 is 10.5 Å². The van der Waals surface area contributed by atoms with E-state index < -0.39 is 17.8 Å². The first kappa shape index (κ1) is 15.7. The fourth-order valence-electron chi connectivity index (χ4n) is 1.99. The average molecular weight is 306 g/mol.